The van der Waals surface area contributed by atoms with E-state index in [-0.39, 0.29) is 11.9 Å². The van der Waals surface area contributed by atoms with Crippen LogP contribution in [0, 0.1) is 27.7 Å². The van der Waals surface area contributed by atoms with Crippen LogP contribution in [0.2, 0.25) is 0 Å². The number of rotatable bonds is 5. The predicted molar refractivity (Wildman–Crippen MR) is 106 cm³/mol. The zero-order valence-corrected chi connectivity index (χ0v) is 16.4. The van der Waals surface area contributed by atoms with Crippen LogP contribution in [0.5, 0.6) is 0 Å². The van der Waals surface area contributed by atoms with E-state index in [1.807, 2.05) is 69.6 Å². The molecule has 0 aliphatic carbocycles. The van der Waals surface area contributed by atoms with Gasteiger partial charge in [0.15, 0.2) is 0 Å². The van der Waals surface area contributed by atoms with Gasteiger partial charge in [0.1, 0.15) is 0 Å². The summed E-state index contributed by atoms with van der Waals surface area (Å²) in [5, 5.41) is 7.48. The van der Waals surface area contributed by atoms with Crippen molar-refractivity contribution >= 4 is 5.91 Å². The Hall–Kier alpha value is -3.02. The third kappa shape index (κ3) is 4.39. The van der Waals surface area contributed by atoms with Crippen molar-refractivity contribution in [3.05, 3.63) is 64.9 Å². The van der Waals surface area contributed by atoms with E-state index in [0.29, 0.717) is 12.1 Å². The normalized spacial score (nSPS) is 12.0. The Bertz CT molecular complexity index is 959. The summed E-state index contributed by atoms with van der Waals surface area (Å²) in [7, 11) is 0. The van der Waals surface area contributed by atoms with E-state index in [4.69, 9.17) is 0 Å². The van der Waals surface area contributed by atoms with Crippen molar-refractivity contribution in [2.75, 3.05) is 0 Å². The summed E-state index contributed by atoms with van der Waals surface area (Å²) in [5.41, 5.74) is 6.24. The topological polar surface area (TPSA) is 72.7 Å². The number of carbonyl (C=O) groups is 1. The molecule has 3 aromatic rings. The fourth-order valence-electron chi connectivity index (χ4n) is 3.06. The molecule has 2 heterocycles. The molecule has 0 unspecified atom stereocenters. The summed E-state index contributed by atoms with van der Waals surface area (Å²) in [5.74, 6) is -0.0948. The smallest absolute Gasteiger partial charge is 0.251 e. The van der Waals surface area contributed by atoms with Crippen LogP contribution >= 0.6 is 0 Å². The lowest BCUT2D eigenvalue weighted by molar-refractivity contribution is 0.0936. The summed E-state index contributed by atoms with van der Waals surface area (Å²) in [4.78, 5) is 21.4. The van der Waals surface area contributed by atoms with E-state index in [2.05, 4.69) is 20.4 Å². The molecule has 1 atom stereocenters. The highest BCUT2D eigenvalue weighted by Crippen LogP contribution is 2.20. The van der Waals surface area contributed by atoms with Gasteiger partial charge in [-0.1, -0.05) is 12.1 Å². The molecule has 1 aromatic carbocycles. The zero-order valence-electron chi connectivity index (χ0n) is 16.4. The second-order valence-corrected chi connectivity index (χ2v) is 7.01. The van der Waals surface area contributed by atoms with Crippen LogP contribution in [-0.4, -0.2) is 31.7 Å². The SMILES string of the molecule is Cc1cnc(C)c(-c2ccc(C(=O)N[C@@H](C)Cn3nc(C)cc3C)cc2)n1. The van der Waals surface area contributed by atoms with Gasteiger partial charge in [0, 0.05) is 29.1 Å². The van der Waals surface area contributed by atoms with Crippen LogP contribution < -0.4 is 5.32 Å². The van der Waals surface area contributed by atoms with Gasteiger partial charge < -0.3 is 5.32 Å². The molecule has 1 amide bonds. The second kappa shape index (κ2) is 7.70. The van der Waals surface area contributed by atoms with Gasteiger partial charge in [0.05, 0.1) is 29.3 Å². The van der Waals surface area contributed by atoms with Gasteiger partial charge >= 0.3 is 0 Å². The minimum Gasteiger partial charge on any atom is -0.348 e. The van der Waals surface area contributed by atoms with Gasteiger partial charge in [-0.3, -0.25) is 14.5 Å². The number of aryl methyl sites for hydroxylation is 4. The number of hydrogen-bond acceptors (Lipinski definition) is 4. The summed E-state index contributed by atoms with van der Waals surface area (Å²) in [6, 6.07) is 9.48. The lowest BCUT2D eigenvalue weighted by Gasteiger charge is -2.15. The Morgan fingerprint density at radius 1 is 1.11 bits per heavy atom. The fourth-order valence-corrected chi connectivity index (χ4v) is 3.06. The molecule has 0 spiro atoms. The number of aromatic nitrogens is 4. The lowest BCUT2D eigenvalue weighted by Crippen LogP contribution is -2.36. The summed E-state index contributed by atoms with van der Waals surface area (Å²) in [6.07, 6.45) is 1.75. The van der Waals surface area contributed by atoms with Gasteiger partial charge in [0.25, 0.3) is 5.91 Å². The molecule has 3 rings (SSSR count). The quantitative estimate of drug-likeness (QED) is 0.754. The highest BCUT2D eigenvalue weighted by molar-refractivity contribution is 5.94. The Morgan fingerprint density at radius 2 is 1.81 bits per heavy atom. The first-order valence-electron chi connectivity index (χ1n) is 9.06. The molecular formula is C21H25N5O. The second-order valence-electron chi connectivity index (χ2n) is 7.01. The van der Waals surface area contributed by atoms with Crippen molar-refractivity contribution < 1.29 is 4.79 Å². The molecular weight excluding hydrogens is 338 g/mol. The Morgan fingerprint density at radius 3 is 2.44 bits per heavy atom. The van der Waals surface area contributed by atoms with Crippen LogP contribution in [0.3, 0.4) is 0 Å². The minimum absolute atomic E-state index is 0.0277. The molecule has 27 heavy (non-hydrogen) atoms. The van der Waals surface area contributed by atoms with Crippen LogP contribution in [0.25, 0.3) is 11.3 Å². The number of carbonyl (C=O) groups excluding carboxylic acids is 1. The third-order valence-corrected chi connectivity index (χ3v) is 4.42. The van der Waals surface area contributed by atoms with E-state index in [0.717, 1.165) is 34.0 Å². The Balaban J connectivity index is 1.68. The summed E-state index contributed by atoms with van der Waals surface area (Å²) >= 11 is 0. The summed E-state index contributed by atoms with van der Waals surface area (Å²) in [6.45, 7) is 10.5. The molecule has 0 saturated heterocycles. The van der Waals surface area contributed by atoms with E-state index in [9.17, 15) is 4.79 Å². The zero-order chi connectivity index (χ0) is 19.6. The first-order chi connectivity index (χ1) is 12.8. The minimum atomic E-state index is -0.0948. The van der Waals surface area contributed by atoms with Crippen molar-refractivity contribution in [2.24, 2.45) is 0 Å². The number of nitrogens with zero attached hydrogens (tertiary/aromatic N) is 4. The first kappa shape index (κ1) is 18.8. The molecule has 0 radical (unpaired) electrons. The highest BCUT2D eigenvalue weighted by Gasteiger charge is 2.13. The molecule has 6 nitrogen and oxygen atoms in total. The lowest BCUT2D eigenvalue weighted by atomic mass is 10.1. The van der Waals surface area contributed by atoms with Gasteiger partial charge in [-0.05, 0) is 52.8 Å². The van der Waals surface area contributed by atoms with E-state index < -0.39 is 0 Å². The molecule has 1 N–H and O–H groups in total. The largest absolute Gasteiger partial charge is 0.348 e. The maximum atomic E-state index is 12.5. The van der Waals surface area contributed by atoms with Crippen molar-refractivity contribution in [2.45, 2.75) is 47.2 Å². The monoisotopic (exact) mass is 363 g/mol. The standard InChI is InChI=1S/C21H25N5O/c1-13-10-16(4)26(25-13)12-15(3)24-21(27)19-8-6-18(7-9-19)20-17(5)22-11-14(2)23-20/h6-11,15H,12H2,1-5H3,(H,24,27)/t15-/m0/s1. The maximum Gasteiger partial charge on any atom is 0.251 e. The number of nitrogens with one attached hydrogen (secondary N) is 1. The third-order valence-electron chi connectivity index (χ3n) is 4.42. The highest BCUT2D eigenvalue weighted by atomic mass is 16.1. The Kier molecular flexibility index (Phi) is 5.35. The van der Waals surface area contributed by atoms with Crippen molar-refractivity contribution in [3.63, 3.8) is 0 Å². The molecule has 0 aliphatic rings. The van der Waals surface area contributed by atoms with Crippen LogP contribution in [-0.2, 0) is 6.54 Å². The van der Waals surface area contributed by atoms with Crippen molar-refractivity contribution in [1.82, 2.24) is 25.1 Å². The first-order valence-corrected chi connectivity index (χ1v) is 9.06. The van der Waals surface area contributed by atoms with Crippen molar-refractivity contribution in [3.8, 4) is 11.3 Å². The van der Waals surface area contributed by atoms with Gasteiger partial charge in [-0.25, -0.2) is 4.98 Å². The molecule has 0 saturated carbocycles. The predicted octanol–water partition coefficient (Wildman–Crippen LogP) is 3.39. The van der Waals surface area contributed by atoms with E-state index >= 15 is 0 Å². The number of amides is 1. The van der Waals surface area contributed by atoms with E-state index in [1.54, 1.807) is 6.20 Å². The molecule has 0 aliphatic heterocycles. The maximum absolute atomic E-state index is 12.5. The molecule has 0 bridgehead atoms. The number of benzene rings is 1. The molecule has 140 valence electrons. The average Bonchev–Trinajstić information content (AvgIpc) is 2.94. The average molecular weight is 363 g/mol. The fraction of sp³-hybridized carbons (Fsp3) is 0.333. The van der Waals surface area contributed by atoms with Gasteiger partial charge in [0.2, 0.25) is 0 Å². The van der Waals surface area contributed by atoms with Crippen molar-refractivity contribution in [1.29, 1.82) is 0 Å². The van der Waals surface area contributed by atoms with Gasteiger partial charge in [-0.2, -0.15) is 5.10 Å². The molecule has 0 fully saturated rings. The van der Waals surface area contributed by atoms with Crippen LogP contribution in [0.15, 0.2) is 36.5 Å². The van der Waals surface area contributed by atoms with Gasteiger partial charge in [-0.15, -0.1) is 0 Å². The Labute approximate surface area is 159 Å². The van der Waals surface area contributed by atoms with Crippen LogP contribution in [0.1, 0.15) is 40.1 Å². The van der Waals surface area contributed by atoms with E-state index in [1.165, 1.54) is 0 Å². The summed E-state index contributed by atoms with van der Waals surface area (Å²) < 4.78 is 1.92. The number of hydrogen-bond donors (Lipinski definition) is 1. The molecule has 6 heteroatoms. The molecule has 2 aromatic heterocycles. The van der Waals surface area contributed by atoms with Crippen LogP contribution in [0.4, 0.5) is 0 Å².